The average molecular weight is 222 g/mol. The maximum Gasteiger partial charge on any atom is 0.127 e. The number of aromatic nitrogens is 1. The zero-order chi connectivity index (χ0) is 11.5. The maximum absolute atomic E-state index is 5.91. The maximum atomic E-state index is 5.91. The standard InChI is InChI=1S/C12H18N2O2/c1-8-5-12(11(6-13)9(2)14-8)16-10-3-4-15-7-10/h5,10H,3-4,6-7,13H2,1-2H3. The van der Waals surface area contributed by atoms with Crippen molar-refractivity contribution in [2.45, 2.75) is 32.9 Å². The predicted molar refractivity (Wildman–Crippen MR) is 61.5 cm³/mol. The number of ether oxygens (including phenoxy) is 2. The van der Waals surface area contributed by atoms with Crippen molar-refractivity contribution in [3.05, 3.63) is 23.0 Å². The Bertz CT molecular complexity index is 374. The summed E-state index contributed by atoms with van der Waals surface area (Å²) in [4.78, 5) is 4.39. The molecule has 88 valence electrons. The predicted octanol–water partition coefficient (Wildman–Crippen LogP) is 1.32. The number of hydrogen-bond donors (Lipinski definition) is 1. The van der Waals surface area contributed by atoms with Crippen molar-refractivity contribution >= 4 is 0 Å². The van der Waals surface area contributed by atoms with Gasteiger partial charge in [-0.05, 0) is 13.8 Å². The van der Waals surface area contributed by atoms with Gasteiger partial charge in [-0.15, -0.1) is 0 Å². The minimum atomic E-state index is 0.159. The number of hydrogen-bond acceptors (Lipinski definition) is 4. The lowest BCUT2D eigenvalue weighted by molar-refractivity contribution is 0.140. The third kappa shape index (κ3) is 2.33. The molecule has 4 heteroatoms. The molecule has 2 N–H and O–H groups in total. The molecule has 1 aliphatic heterocycles. The van der Waals surface area contributed by atoms with Crippen LogP contribution >= 0.6 is 0 Å². The Hall–Kier alpha value is -1.13. The zero-order valence-corrected chi connectivity index (χ0v) is 9.82. The lowest BCUT2D eigenvalue weighted by Crippen LogP contribution is -2.18. The summed E-state index contributed by atoms with van der Waals surface area (Å²) in [5.74, 6) is 0.864. The molecule has 1 atom stereocenters. The van der Waals surface area contributed by atoms with Crippen LogP contribution in [0, 0.1) is 13.8 Å². The normalized spacial score (nSPS) is 20.1. The van der Waals surface area contributed by atoms with E-state index in [0.29, 0.717) is 13.2 Å². The number of rotatable bonds is 3. The van der Waals surface area contributed by atoms with E-state index in [2.05, 4.69) is 4.98 Å². The Morgan fingerprint density at radius 3 is 3.00 bits per heavy atom. The van der Waals surface area contributed by atoms with Gasteiger partial charge in [-0.2, -0.15) is 0 Å². The van der Waals surface area contributed by atoms with Crippen molar-refractivity contribution < 1.29 is 9.47 Å². The Kier molecular flexibility index (Phi) is 3.41. The molecule has 0 spiro atoms. The van der Waals surface area contributed by atoms with Crippen LogP contribution in [0.4, 0.5) is 0 Å². The minimum Gasteiger partial charge on any atom is -0.487 e. The fourth-order valence-corrected chi connectivity index (χ4v) is 1.96. The summed E-state index contributed by atoms with van der Waals surface area (Å²) >= 11 is 0. The Balaban J connectivity index is 2.23. The summed E-state index contributed by atoms with van der Waals surface area (Å²) in [6.45, 7) is 5.84. The van der Waals surface area contributed by atoms with Crippen LogP contribution in [-0.2, 0) is 11.3 Å². The summed E-state index contributed by atoms with van der Waals surface area (Å²) in [5, 5.41) is 0. The second-order valence-corrected chi connectivity index (χ2v) is 4.13. The summed E-state index contributed by atoms with van der Waals surface area (Å²) < 4.78 is 11.2. The van der Waals surface area contributed by atoms with E-state index in [-0.39, 0.29) is 6.10 Å². The zero-order valence-electron chi connectivity index (χ0n) is 9.82. The molecule has 1 aromatic rings. The van der Waals surface area contributed by atoms with E-state index in [0.717, 1.165) is 35.7 Å². The molecule has 1 aliphatic rings. The van der Waals surface area contributed by atoms with Crippen LogP contribution < -0.4 is 10.5 Å². The topological polar surface area (TPSA) is 57.4 Å². The van der Waals surface area contributed by atoms with Gasteiger partial charge >= 0.3 is 0 Å². The summed E-state index contributed by atoms with van der Waals surface area (Å²) in [7, 11) is 0. The first kappa shape index (κ1) is 11.4. The van der Waals surface area contributed by atoms with Crippen LogP contribution in [-0.4, -0.2) is 24.3 Å². The Morgan fingerprint density at radius 1 is 1.56 bits per heavy atom. The van der Waals surface area contributed by atoms with Crippen molar-refractivity contribution in [1.82, 2.24) is 4.98 Å². The van der Waals surface area contributed by atoms with Gasteiger partial charge in [0, 0.05) is 36.0 Å². The van der Waals surface area contributed by atoms with Gasteiger partial charge in [0.1, 0.15) is 11.9 Å². The molecule has 4 nitrogen and oxygen atoms in total. The smallest absolute Gasteiger partial charge is 0.127 e. The number of nitrogens with zero attached hydrogens (tertiary/aromatic N) is 1. The number of aryl methyl sites for hydroxylation is 2. The molecule has 1 saturated heterocycles. The Morgan fingerprint density at radius 2 is 2.38 bits per heavy atom. The lowest BCUT2D eigenvalue weighted by atomic mass is 10.1. The van der Waals surface area contributed by atoms with Gasteiger partial charge in [-0.1, -0.05) is 0 Å². The third-order valence-corrected chi connectivity index (χ3v) is 2.80. The quantitative estimate of drug-likeness (QED) is 0.838. The molecule has 0 aliphatic carbocycles. The molecule has 2 rings (SSSR count). The van der Waals surface area contributed by atoms with Crippen LogP contribution in [0.3, 0.4) is 0 Å². The SMILES string of the molecule is Cc1cc(OC2CCOC2)c(CN)c(C)n1. The number of pyridine rings is 1. The first-order valence-electron chi connectivity index (χ1n) is 5.62. The van der Waals surface area contributed by atoms with E-state index >= 15 is 0 Å². The van der Waals surface area contributed by atoms with Crippen molar-refractivity contribution in [2.24, 2.45) is 5.73 Å². The largest absolute Gasteiger partial charge is 0.487 e. The Labute approximate surface area is 95.8 Å². The van der Waals surface area contributed by atoms with Gasteiger partial charge in [-0.25, -0.2) is 0 Å². The van der Waals surface area contributed by atoms with Crippen LogP contribution in [0.2, 0.25) is 0 Å². The molecule has 1 aromatic heterocycles. The second-order valence-electron chi connectivity index (χ2n) is 4.13. The average Bonchev–Trinajstić information content (AvgIpc) is 2.70. The molecule has 0 bridgehead atoms. The van der Waals surface area contributed by atoms with Crippen LogP contribution in [0.5, 0.6) is 5.75 Å². The fraction of sp³-hybridized carbons (Fsp3) is 0.583. The highest BCUT2D eigenvalue weighted by atomic mass is 16.5. The number of nitrogens with two attached hydrogens (primary N) is 1. The van der Waals surface area contributed by atoms with Crippen LogP contribution in [0.25, 0.3) is 0 Å². The van der Waals surface area contributed by atoms with Crippen molar-refractivity contribution in [3.63, 3.8) is 0 Å². The van der Waals surface area contributed by atoms with Gasteiger partial charge in [0.15, 0.2) is 0 Å². The summed E-state index contributed by atoms with van der Waals surface area (Å²) in [6, 6.07) is 1.95. The van der Waals surface area contributed by atoms with E-state index in [4.69, 9.17) is 15.2 Å². The molecule has 2 heterocycles. The molecular formula is C12H18N2O2. The van der Waals surface area contributed by atoms with Crippen LogP contribution in [0.15, 0.2) is 6.07 Å². The van der Waals surface area contributed by atoms with Gasteiger partial charge in [-0.3, -0.25) is 4.98 Å². The van der Waals surface area contributed by atoms with Gasteiger partial charge < -0.3 is 15.2 Å². The molecule has 0 saturated carbocycles. The first-order valence-corrected chi connectivity index (χ1v) is 5.62. The van der Waals surface area contributed by atoms with Crippen molar-refractivity contribution in [2.75, 3.05) is 13.2 Å². The van der Waals surface area contributed by atoms with Gasteiger partial charge in [0.2, 0.25) is 0 Å². The summed E-state index contributed by atoms with van der Waals surface area (Å²) in [6.07, 6.45) is 1.11. The van der Waals surface area contributed by atoms with Crippen molar-refractivity contribution in [1.29, 1.82) is 0 Å². The fourth-order valence-electron chi connectivity index (χ4n) is 1.96. The molecule has 1 unspecified atom stereocenters. The van der Waals surface area contributed by atoms with Crippen LogP contribution in [0.1, 0.15) is 23.4 Å². The lowest BCUT2D eigenvalue weighted by Gasteiger charge is -2.16. The monoisotopic (exact) mass is 222 g/mol. The highest BCUT2D eigenvalue weighted by Gasteiger charge is 2.19. The summed E-state index contributed by atoms with van der Waals surface area (Å²) in [5.41, 5.74) is 8.64. The van der Waals surface area contributed by atoms with Gasteiger partial charge in [0.05, 0.1) is 13.2 Å². The molecule has 0 radical (unpaired) electrons. The van der Waals surface area contributed by atoms with E-state index in [1.807, 2.05) is 19.9 Å². The van der Waals surface area contributed by atoms with E-state index in [9.17, 15) is 0 Å². The van der Waals surface area contributed by atoms with E-state index in [1.165, 1.54) is 0 Å². The molecular weight excluding hydrogens is 204 g/mol. The molecule has 0 amide bonds. The van der Waals surface area contributed by atoms with E-state index < -0.39 is 0 Å². The first-order chi connectivity index (χ1) is 7.70. The van der Waals surface area contributed by atoms with Crippen molar-refractivity contribution in [3.8, 4) is 5.75 Å². The molecule has 0 aromatic carbocycles. The van der Waals surface area contributed by atoms with E-state index in [1.54, 1.807) is 0 Å². The second kappa shape index (κ2) is 4.80. The van der Waals surface area contributed by atoms with Gasteiger partial charge in [0.25, 0.3) is 0 Å². The highest BCUT2D eigenvalue weighted by Crippen LogP contribution is 2.24. The third-order valence-electron chi connectivity index (χ3n) is 2.80. The molecule has 1 fully saturated rings. The molecule has 16 heavy (non-hydrogen) atoms. The minimum absolute atomic E-state index is 0.159. The highest BCUT2D eigenvalue weighted by molar-refractivity contribution is 5.37.